The summed E-state index contributed by atoms with van der Waals surface area (Å²) in [7, 11) is 1.95. The van der Waals surface area contributed by atoms with E-state index in [1.54, 1.807) is 28.9 Å². The number of thioether (sulfide) groups is 1. The van der Waals surface area contributed by atoms with Crippen LogP contribution in [0.4, 0.5) is 0 Å². The number of furan rings is 1. The number of aromatic nitrogens is 2. The van der Waals surface area contributed by atoms with E-state index >= 15 is 0 Å². The first kappa shape index (κ1) is 14.7. The van der Waals surface area contributed by atoms with Crippen molar-refractivity contribution in [3.8, 4) is 0 Å². The lowest BCUT2D eigenvalue weighted by atomic mass is 10.3. The molecule has 0 N–H and O–H groups in total. The lowest BCUT2D eigenvalue weighted by molar-refractivity contribution is 0.0739. The van der Waals surface area contributed by atoms with E-state index in [0.717, 1.165) is 10.9 Å². The van der Waals surface area contributed by atoms with Gasteiger partial charge in [0.2, 0.25) is 0 Å². The van der Waals surface area contributed by atoms with E-state index in [-0.39, 0.29) is 5.91 Å². The van der Waals surface area contributed by atoms with Gasteiger partial charge in [-0.1, -0.05) is 11.8 Å². The third-order valence-corrected chi connectivity index (χ3v) is 4.12. The Bertz CT molecular complexity index is 572. The van der Waals surface area contributed by atoms with E-state index in [0.29, 0.717) is 24.6 Å². The molecule has 0 radical (unpaired) electrons. The summed E-state index contributed by atoms with van der Waals surface area (Å²) in [5, 5.41) is 0.929. The molecule has 0 aliphatic heterocycles. The lowest BCUT2D eigenvalue weighted by Crippen LogP contribution is -2.30. The van der Waals surface area contributed by atoms with E-state index in [1.807, 2.05) is 37.7 Å². The highest BCUT2D eigenvalue weighted by Crippen LogP contribution is 2.22. The Balaban J connectivity index is 1.99. The highest BCUT2D eigenvalue weighted by molar-refractivity contribution is 7.98. The molecule has 2 aromatic heterocycles. The van der Waals surface area contributed by atoms with Gasteiger partial charge in [-0.25, -0.2) is 4.98 Å². The summed E-state index contributed by atoms with van der Waals surface area (Å²) < 4.78 is 7.57. The van der Waals surface area contributed by atoms with Crippen LogP contribution >= 0.6 is 11.8 Å². The highest BCUT2D eigenvalue weighted by atomic mass is 32.2. The van der Waals surface area contributed by atoms with Crippen molar-refractivity contribution in [1.82, 2.24) is 14.5 Å². The van der Waals surface area contributed by atoms with Gasteiger partial charge < -0.3 is 13.9 Å². The SMILES string of the molecule is CCN(CC)C(=O)c1ccc(CSc2nccn2C)o1. The number of amides is 1. The molecule has 0 unspecified atom stereocenters. The number of nitrogens with zero attached hydrogens (tertiary/aromatic N) is 3. The zero-order valence-corrected chi connectivity index (χ0v) is 12.8. The second kappa shape index (κ2) is 6.65. The molecular formula is C14H19N3O2S. The first-order valence-electron chi connectivity index (χ1n) is 6.63. The van der Waals surface area contributed by atoms with Crippen molar-refractivity contribution in [2.75, 3.05) is 13.1 Å². The van der Waals surface area contributed by atoms with E-state index in [1.165, 1.54) is 0 Å². The Morgan fingerprint density at radius 3 is 2.75 bits per heavy atom. The zero-order chi connectivity index (χ0) is 14.5. The number of carbonyl (C=O) groups excluding carboxylic acids is 1. The summed E-state index contributed by atoms with van der Waals surface area (Å²) in [5.74, 6) is 1.80. The largest absolute Gasteiger partial charge is 0.455 e. The minimum Gasteiger partial charge on any atom is -0.455 e. The number of hydrogen-bond donors (Lipinski definition) is 0. The standard InChI is InChI=1S/C14H19N3O2S/c1-4-17(5-2)13(18)12-7-6-11(19-12)10-20-14-15-8-9-16(14)3/h6-9H,4-5,10H2,1-3H3. The predicted octanol–water partition coefficient (Wildman–Crippen LogP) is 2.79. The van der Waals surface area contributed by atoms with Crippen molar-refractivity contribution < 1.29 is 9.21 Å². The second-order valence-corrected chi connectivity index (χ2v) is 5.30. The number of aryl methyl sites for hydroxylation is 1. The molecule has 0 bridgehead atoms. The summed E-state index contributed by atoms with van der Waals surface area (Å²) >= 11 is 1.58. The van der Waals surface area contributed by atoms with E-state index in [4.69, 9.17) is 4.42 Å². The Morgan fingerprint density at radius 2 is 2.15 bits per heavy atom. The van der Waals surface area contributed by atoms with Gasteiger partial charge in [-0.15, -0.1) is 0 Å². The van der Waals surface area contributed by atoms with Gasteiger partial charge in [0.25, 0.3) is 5.91 Å². The predicted molar refractivity (Wildman–Crippen MR) is 78.7 cm³/mol. The van der Waals surface area contributed by atoms with Crippen LogP contribution in [0, 0.1) is 0 Å². The van der Waals surface area contributed by atoms with Crippen LogP contribution in [0.15, 0.2) is 34.1 Å². The fourth-order valence-electron chi connectivity index (χ4n) is 1.86. The topological polar surface area (TPSA) is 51.3 Å². The van der Waals surface area contributed by atoms with Crippen molar-refractivity contribution in [3.05, 3.63) is 36.0 Å². The van der Waals surface area contributed by atoms with Gasteiger partial charge in [-0.2, -0.15) is 0 Å². The monoisotopic (exact) mass is 293 g/mol. The Kier molecular flexibility index (Phi) is 4.89. The lowest BCUT2D eigenvalue weighted by Gasteiger charge is -2.16. The number of imidazole rings is 1. The van der Waals surface area contributed by atoms with Gasteiger partial charge in [-0.3, -0.25) is 4.79 Å². The summed E-state index contributed by atoms with van der Waals surface area (Å²) in [6.07, 6.45) is 3.67. The molecule has 2 heterocycles. The maximum absolute atomic E-state index is 12.1. The van der Waals surface area contributed by atoms with Crippen LogP contribution < -0.4 is 0 Å². The van der Waals surface area contributed by atoms with Crippen molar-refractivity contribution in [1.29, 1.82) is 0 Å². The number of carbonyl (C=O) groups is 1. The third-order valence-electron chi connectivity index (χ3n) is 3.04. The Labute approximate surface area is 123 Å². The maximum atomic E-state index is 12.1. The van der Waals surface area contributed by atoms with E-state index in [9.17, 15) is 4.79 Å². The molecule has 0 saturated carbocycles. The molecule has 0 aliphatic carbocycles. The van der Waals surface area contributed by atoms with Crippen molar-refractivity contribution in [2.45, 2.75) is 24.8 Å². The molecular weight excluding hydrogens is 274 g/mol. The molecule has 2 rings (SSSR count). The molecule has 0 saturated heterocycles. The number of rotatable bonds is 6. The van der Waals surface area contributed by atoms with Crippen LogP contribution in [-0.2, 0) is 12.8 Å². The van der Waals surface area contributed by atoms with E-state index < -0.39 is 0 Å². The van der Waals surface area contributed by atoms with Crippen LogP contribution in [0.3, 0.4) is 0 Å². The molecule has 0 fully saturated rings. The minimum absolute atomic E-state index is 0.0526. The van der Waals surface area contributed by atoms with Gasteiger partial charge in [0, 0.05) is 32.5 Å². The quantitative estimate of drug-likeness (QED) is 0.769. The fraction of sp³-hybridized carbons (Fsp3) is 0.429. The summed E-state index contributed by atoms with van der Waals surface area (Å²) in [5.41, 5.74) is 0. The van der Waals surface area contributed by atoms with E-state index in [2.05, 4.69) is 4.98 Å². The molecule has 5 nitrogen and oxygen atoms in total. The molecule has 0 aliphatic rings. The molecule has 0 atom stereocenters. The second-order valence-electron chi connectivity index (χ2n) is 4.35. The summed E-state index contributed by atoms with van der Waals surface area (Å²) in [6.45, 7) is 5.30. The Morgan fingerprint density at radius 1 is 1.40 bits per heavy atom. The first-order chi connectivity index (χ1) is 9.65. The summed E-state index contributed by atoms with van der Waals surface area (Å²) in [4.78, 5) is 18.1. The smallest absolute Gasteiger partial charge is 0.289 e. The fourth-order valence-corrected chi connectivity index (χ4v) is 2.69. The number of hydrogen-bond acceptors (Lipinski definition) is 4. The van der Waals surface area contributed by atoms with Crippen molar-refractivity contribution in [3.63, 3.8) is 0 Å². The molecule has 108 valence electrons. The average molecular weight is 293 g/mol. The van der Waals surface area contributed by atoms with Gasteiger partial charge in [0.15, 0.2) is 10.9 Å². The molecule has 6 heteroatoms. The molecule has 1 amide bonds. The van der Waals surface area contributed by atoms with Crippen LogP contribution in [0.1, 0.15) is 30.2 Å². The Hall–Kier alpha value is -1.69. The highest BCUT2D eigenvalue weighted by Gasteiger charge is 2.16. The normalized spacial score (nSPS) is 10.8. The van der Waals surface area contributed by atoms with Gasteiger partial charge in [0.05, 0.1) is 5.75 Å². The van der Waals surface area contributed by atoms with Crippen LogP contribution in [0.25, 0.3) is 0 Å². The first-order valence-corrected chi connectivity index (χ1v) is 7.62. The van der Waals surface area contributed by atoms with Crippen LogP contribution in [0.5, 0.6) is 0 Å². The third kappa shape index (κ3) is 3.25. The summed E-state index contributed by atoms with van der Waals surface area (Å²) in [6, 6.07) is 3.60. The van der Waals surface area contributed by atoms with Gasteiger partial charge in [-0.05, 0) is 26.0 Å². The molecule has 20 heavy (non-hydrogen) atoms. The van der Waals surface area contributed by atoms with Crippen LogP contribution in [0.2, 0.25) is 0 Å². The zero-order valence-electron chi connectivity index (χ0n) is 12.0. The van der Waals surface area contributed by atoms with Gasteiger partial charge in [0.1, 0.15) is 5.76 Å². The molecule has 0 aromatic carbocycles. The molecule has 0 spiro atoms. The maximum Gasteiger partial charge on any atom is 0.289 e. The van der Waals surface area contributed by atoms with Crippen molar-refractivity contribution >= 4 is 17.7 Å². The van der Waals surface area contributed by atoms with Gasteiger partial charge >= 0.3 is 0 Å². The van der Waals surface area contributed by atoms with Crippen LogP contribution in [-0.4, -0.2) is 33.4 Å². The minimum atomic E-state index is -0.0526. The van der Waals surface area contributed by atoms with Crippen molar-refractivity contribution in [2.24, 2.45) is 7.05 Å². The average Bonchev–Trinajstić information content (AvgIpc) is 3.06. The molecule has 2 aromatic rings.